The SMILES string of the molecule is Cc1ccc(C(=O)N2C3CCC2C(C(=O)O)C3)cc1C. The van der Waals surface area contributed by atoms with Crippen LogP contribution in [0, 0.1) is 19.8 Å². The van der Waals surface area contributed by atoms with Gasteiger partial charge in [-0.25, -0.2) is 0 Å². The number of fused-ring (bicyclic) bond motifs is 2. The Morgan fingerprint density at radius 3 is 2.55 bits per heavy atom. The van der Waals surface area contributed by atoms with Gasteiger partial charge in [0.2, 0.25) is 0 Å². The van der Waals surface area contributed by atoms with E-state index in [9.17, 15) is 14.7 Å². The summed E-state index contributed by atoms with van der Waals surface area (Å²) < 4.78 is 0. The molecule has 1 aromatic rings. The maximum Gasteiger partial charge on any atom is 0.308 e. The number of nitrogens with zero attached hydrogens (tertiary/aromatic N) is 1. The highest BCUT2D eigenvalue weighted by Gasteiger charge is 2.51. The van der Waals surface area contributed by atoms with Gasteiger partial charge in [-0.3, -0.25) is 9.59 Å². The van der Waals surface area contributed by atoms with Crippen molar-refractivity contribution in [1.82, 2.24) is 4.90 Å². The van der Waals surface area contributed by atoms with Gasteiger partial charge >= 0.3 is 5.97 Å². The second-order valence-electron chi connectivity index (χ2n) is 5.99. The van der Waals surface area contributed by atoms with E-state index in [2.05, 4.69) is 0 Å². The van der Waals surface area contributed by atoms with Gasteiger partial charge in [-0.1, -0.05) is 6.07 Å². The summed E-state index contributed by atoms with van der Waals surface area (Å²) in [6.45, 7) is 4.01. The highest BCUT2D eigenvalue weighted by molar-refractivity contribution is 5.96. The lowest BCUT2D eigenvalue weighted by atomic mass is 9.89. The minimum absolute atomic E-state index is 0.00986. The minimum Gasteiger partial charge on any atom is -0.481 e. The largest absolute Gasteiger partial charge is 0.481 e. The number of hydrogen-bond acceptors (Lipinski definition) is 2. The third kappa shape index (κ3) is 1.90. The highest BCUT2D eigenvalue weighted by atomic mass is 16.4. The van der Waals surface area contributed by atoms with Crippen LogP contribution in [0.2, 0.25) is 0 Å². The second-order valence-corrected chi connectivity index (χ2v) is 5.99. The van der Waals surface area contributed by atoms with Crippen LogP contribution in [0.1, 0.15) is 40.7 Å². The van der Waals surface area contributed by atoms with E-state index in [1.807, 2.05) is 36.9 Å². The Bertz CT molecular complexity index is 581. The average Bonchev–Trinajstić information content (AvgIpc) is 2.98. The molecule has 0 aromatic heterocycles. The Kier molecular flexibility index (Phi) is 3.04. The molecule has 2 fully saturated rings. The van der Waals surface area contributed by atoms with Crippen LogP contribution in [0.3, 0.4) is 0 Å². The first-order valence-electron chi connectivity index (χ1n) is 7.11. The van der Waals surface area contributed by atoms with E-state index < -0.39 is 5.97 Å². The van der Waals surface area contributed by atoms with Crippen molar-refractivity contribution in [2.24, 2.45) is 5.92 Å². The summed E-state index contributed by atoms with van der Waals surface area (Å²) in [7, 11) is 0. The van der Waals surface area contributed by atoms with Gasteiger partial charge in [0, 0.05) is 17.6 Å². The molecule has 106 valence electrons. The molecule has 0 saturated carbocycles. The molecule has 4 nitrogen and oxygen atoms in total. The minimum atomic E-state index is -0.768. The van der Waals surface area contributed by atoms with E-state index >= 15 is 0 Å². The molecule has 2 heterocycles. The van der Waals surface area contributed by atoms with Crippen LogP contribution < -0.4 is 0 Å². The number of rotatable bonds is 2. The lowest BCUT2D eigenvalue weighted by Crippen LogP contribution is -2.37. The van der Waals surface area contributed by atoms with E-state index in [1.165, 1.54) is 0 Å². The van der Waals surface area contributed by atoms with Crippen molar-refractivity contribution >= 4 is 11.9 Å². The molecule has 1 aromatic carbocycles. The van der Waals surface area contributed by atoms with Crippen molar-refractivity contribution in [2.45, 2.75) is 45.2 Å². The van der Waals surface area contributed by atoms with E-state index in [0.717, 1.165) is 24.0 Å². The van der Waals surface area contributed by atoms with Gasteiger partial charge in [0.1, 0.15) is 0 Å². The molecule has 3 atom stereocenters. The zero-order valence-electron chi connectivity index (χ0n) is 11.8. The van der Waals surface area contributed by atoms with Crippen molar-refractivity contribution in [1.29, 1.82) is 0 Å². The smallest absolute Gasteiger partial charge is 0.308 e. The van der Waals surface area contributed by atoms with Crippen LogP contribution in [0.5, 0.6) is 0 Å². The molecule has 2 saturated heterocycles. The van der Waals surface area contributed by atoms with Crippen LogP contribution in [-0.2, 0) is 4.79 Å². The van der Waals surface area contributed by atoms with Gasteiger partial charge < -0.3 is 10.0 Å². The van der Waals surface area contributed by atoms with Gasteiger partial charge in [0.25, 0.3) is 5.91 Å². The molecule has 1 N–H and O–H groups in total. The van der Waals surface area contributed by atoms with Gasteiger partial charge in [0.15, 0.2) is 0 Å². The number of amides is 1. The quantitative estimate of drug-likeness (QED) is 0.900. The predicted molar refractivity (Wildman–Crippen MR) is 74.6 cm³/mol. The summed E-state index contributed by atoms with van der Waals surface area (Å²) >= 11 is 0. The first-order valence-corrected chi connectivity index (χ1v) is 7.11. The summed E-state index contributed by atoms with van der Waals surface area (Å²) in [6, 6.07) is 5.69. The molecule has 0 spiro atoms. The fourth-order valence-corrected chi connectivity index (χ4v) is 3.59. The number of carbonyl (C=O) groups is 2. The topological polar surface area (TPSA) is 57.6 Å². The van der Waals surface area contributed by atoms with E-state index in [0.29, 0.717) is 12.0 Å². The molecule has 3 rings (SSSR count). The summed E-state index contributed by atoms with van der Waals surface area (Å²) in [5.74, 6) is -1.16. The summed E-state index contributed by atoms with van der Waals surface area (Å²) in [6.07, 6.45) is 2.36. The molecular formula is C16H19NO3. The van der Waals surface area contributed by atoms with Crippen molar-refractivity contribution in [3.8, 4) is 0 Å². The number of benzene rings is 1. The van der Waals surface area contributed by atoms with Gasteiger partial charge in [0.05, 0.1) is 5.92 Å². The maximum absolute atomic E-state index is 12.7. The molecule has 2 bridgehead atoms. The zero-order chi connectivity index (χ0) is 14.4. The normalized spacial score (nSPS) is 27.9. The van der Waals surface area contributed by atoms with Crippen LogP contribution in [0.25, 0.3) is 0 Å². The number of hydrogen-bond donors (Lipinski definition) is 1. The van der Waals surface area contributed by atoms with Crippen molar-refractivity contribution in [3.63, 3.8) is 0 Å². The number of carbonyl (C=O) groups excluding carboxylic acids is 1. The fraction of sp³-hybridized carbons (Fsp3) is 0.500. The maximum atomic E-state index is 12.7. The first kappa shape index (κ1) is 13.2. The Morgan fingerprint density at radius 2 is 1.95 bits per heavy atom. The van der Waals surface area contributed by atoms with Crippen molar-refractivity contribution < 1.29 is 14.7 Å². The zero-order valence-corrected chi connectivity index (χ0v) is 11.8. The van der Waals surface area contributed by atoms with Gasteiger partial charge in [-0.05, 0) is 56.4 Å². The molecule has 2 aliphatic rings. The Balaban J connectivity index is 1.88. The number of aliphatic carboxylic acids is 1. The lowest BCUT2D eigenvalue weighted by Gasteiger charge is -2.23. The summed E-state index contributed by atoms with van der Waals surface area (Å²) in [5, 5.41) is 9.25. The standard InChI is InChI=1S/C16H19NO3/c1-9-3-4-11(7-10(9)2)15(18)17-12-5-6-14(17)13(8-12)16(19)20/h3-4,7,12-14H,5-6,8H2,1-2H3,(H,19,20). The summed E-state index contributed by atoms with van der Waals surface area (Å²) in [4.78, 5) is 25.8. The molecular weight excluding hydrogens is 254 g/mol. The average molecular weight is 273 g/mol. The first-order chi connectivity index (χ1) is 9.49. The number of aryl methyl sites for hydroxylation is 2. The highest BCUT2D eigenvalue weighted by Crippen LogP contribution is 2.42. The summed E-state index contributed by atoms with van der Waals surface area (Å²) in [5.41, 5.74) is 2.93. The monoisotopic (exact) mass is 273 g/mol. The van der Waals surface area contributed by atoms with Gasteiger partial charge in [-0.2, -0.15) is 0 Å². The third-order valence-corrected chi connectivity index (χ3v) is 4.84. The van der Waals surface area contributed by atoms with Crippen LogP contribution in [0.4, 0.5) is 0 Å². The number of carboxylic acid groups (broad SMARTS) is 1. The van der Waals surface area contributed by atoms with Crippen LogP contribution in [-0.4, -0.2) is 34.0 Å². The third-order valence-electron chi connectivity index (χ3n) is 4.84. The molecule has 2 aliphatic heterocycles. The van der Waals surface area contributed by atoms with E-state index in [1.54, 1.807) is 0 Å². The van der Waals surface area contributed by atoms with Crippen molar-refractivity contribution in [2.75, 3.05) is 0 Å². The number of carboxylic acids is 1. The van der Waals surface area contributed by atoms with Crippen molar-refractivity contribution in [3.05, 3.63) is 34.9 Å². The second kappa shape index (κ2) is 4.62. The Morgan fingerprint density at radius 1 is 1.20 bits per heavy atom. The van der Waals surface area contributed by atoms with Crippen LogP contribution in [0.15, 0.2) is 18.2 Å². The Hall–Kier alpha value is -1.84. The molecule has 3 unspecified atom stereocenters. The molecule has 0 aliphatic carbocycles. The predicted octanol–water partition coefficient (Wildman–Crippen LogP) is 2.38. The lowest BCUT2D eigenvalue weighted by molar-refractivity contribution is -0.142. The molecule has 0 radical (unpaired) electrons. The molecule has 1 amide bonds. The van der Waals surface area contributed by atoms with E-state index in [4.69, 9.17) is 0 Å². The fourth-order valence-electron chi connectivity index (χ4n) is 3.59. The van der Waals surface area contributed by atoms with Gasteiger partial charge in [-0.15, -0.1) is 0 Å². The molecule has 20 heavy (non-hydrogen) atoms. The van der Waals surface area contributed by atoms with E-state index in [-0.39, 0.29) is 23.9 Å². The molecule has 4 heteroatoms. The van der Waals surface area contributed by atoms with Crippen LogP contribution >= 0.6 is 0 Å². The Labute approximate surface area is 118 Å².